The molecule has 5 nitrogen and oxygen atoms in total. The molecule has 3 aromatic rings. The lowest BCUT2D eigenvalue weighted by Gasteiger charge is -2.18. The third kappa shape index (κ3) is 4.44. The first-order valence-corrected chi connectivity index (χ1v) is 8.75. The summed E-state index contributed by atoms with van der Waals surface area (Å²) in [5, 5.41) is 4.96. The van der Waals surface area contributed by atoms with E-state index in [1.807, 2.05) is 49.4 Å². The second kappa shape index (κ2) is 8.36. The summed E-state index contributed by atoms with van der Waals surface area (Å²) in [6, 6.07) is 20.3. The Morgan fingerprint density at radius 2 is 1.74 bits per heavy atom. The van der Waals surface area contributed by atoms with Gasteiger partial charge in [0.1, 0.15) is 5.75 Å². The minimum atomic E-state index is -0.645. The van der Waals surface area contributed by atoms with Crippen molar-refractivity contribution in [1.29, 1.82) is 0 Å². The maximum absolute atomic E-state index is 12.6. The summed E-state index contributed by atoms with van der Waals surface area (Å²) in [5.74, 6) is -0.0859. The first-order chi connectivity index (χ1) is 13.1. The van der Waals surface area contributed by atoms with E-state index in [1.165, 1.54) is 7.11 Å². The fourth-order valence-electron chi connectivity index (χ4n) is 2.79. The van der Waals surface area contributed by atoms with Crippen molar-refractivity contribution in [3.63, 3.8) is 0 Å². The second-order valence-corrected chi connectivity index (χ2v) is 6.09. The molecule has 0 aliphatic rings. The van der Waals surface area contributed by atoms with Crippen molar-refractivity contribution in [3.05, 3.63) is 72.3 Å². The number of nitrogens with one attached hydrogen (secondary N) is 1. The maximum Gasteiger partial charge on any atom is 0.337 e. The molecule has 5 heteroatoms. The highest BCUT2D eigenvalue weighted by Crippen LogP contribution is 2.22. The van der Waals surface area contributed by atoms with Gasteiger partial charge >= 0.3 is 5.97 Å². The minimum Gasteiger partial charge on any atom is -0.481 e. The monoisotopic (exact) mass is 363 g/mol. The molecule has 27 heavy (non-hydrogen) atoms. The molecule has 0 spiro atoms. The summed E-state index contributed by atoms with van der Waals surface area (Å²) in [4.78, 5) is 24.2. The Kier molecular flexibility index (Phi) is 5.71. The Morgan fingerprint density at radius 3 is 2.48 bits per heavy atom. The van der Waals surface area contributed by atoms with Crippen LogP contribution in [0.5, 0.6) is 5.75 Å². The highest BCUT2D eigenvalue weighted by molar-refractivity contribution is 5.96. The van der Waals surface area contributed by atoms with Crippen LogP contribution < -0.4 is 10.1 Å². The van der Waals surface area contributed by atoms with Crippen LogP contribution >= 0.6 is 0 Å². The largest absolute Gasteiger partial charge is 0.481 e. The summed E-state index contributed by atoms with van der Waals surface area (Å²) in [6.45, 7) is 1.89. The van der Waals surface area contributed by atoms with E-state index in [9.17, 15) is 9.59 Å². The van der Waals surface area contributed by atoms with Gasteiger partial charge in [0.15, 0.2) is 6.10 Å². The zero-order valence-electron chi connectivity index (χ0n) is 15.3. The van der Waals surface area contributed by atoms with E-state index in [2.05, 4.69) is 5.32 Å². The van der Waals surface area contributed by atoms with Crippen molar-refractivity contribution in [2.75, 3.05) is 12.4 Å². The predicted molar refractivity (Wildman–Crippen MR) is 105 cm³/mol. The number of hydrogen-bond donors (Lipinski definition) is 1. The van der Waals surface area contributed by atoms with Gasteiger partial charge in [-0.05, 0) is 47.5 Å². The lowest BCUT2D eigenvalue weighted by atomic mass is 10.1. The fraction of sp³-hybridized carbons (Fsp3) is 0.182. The predicted octanol–water partition coefficient (Wildman–Crippen LogP) is 4.42. The Hall–Kier alpha value is -3.34. The molecule has 0 aliphatic heterocycles. The topological polar surface area (TPSA) is 64.6 Å². The van der Waals surface area contributed by atoms with Crippen molar-refractivity contribution in [2.24, 2.45) is 0 Å². The standard InChI is InChI=1S/C22H21NO4/c1-3-20(27-19-12-11-15-7-4-5-8-16(15)14-19)21(24)23-18-10-6-9-17(13-18)22(25)26-2/h4-14,20H,3H2,1-2H3,(H,23,24)/t20-/m1/s1. The number of benzene rings is 3. The highest BCUT2D eigenvalue weighted by Gasteiger charge is 2.19. The van der Waals surface area contributed by atoms with Crippen molar-refractivity contribution in [2.45, 2.75) is 19.4 Å². The van der Waals surface area contributed by atoms with Crippen LogP contribution in [0, 0.1) is 0 Å². The van der Waals surface area contributed by atoms with Gasteiger partial charge < -0.3 is 14.8 Å². The molecule has 1 amide bonds. The molecule has 0 bridgehead atoms. The van der Waals surface area contributed by atoms with Crippen molar-refractivity contribution in [3.8, 4) is 5.75 Å². The van der Waals surface area contributed by atoms with E-state index >= 15 is 0 Å². The molecule has 0 saturated carbocycles. The molecule has 1 atom stereocenters. The first-order valence-electron chi connectivity index (χ1n) is 8.75. The normalized spacial score (nSPS) is 11.6. The fourth-order valence-corrected chi connectivity index (χ4v) is 2.79. The van der Waals surface area contributed by atoms with Crippen LogP contribution in [0.4, 0.5) is 5.69 Å². The van der Waals surface area contributed by atoms with E-state index < -0.39 is 12.1 Å². The van der Waals surface area contributed by atoms with Gasteiger partial charge in [-0.2, -0.15) is 0 Å². The highest BCUT2D eigenvalue weighted by atomic mass is 16.5. The zero-order valence-corrected chi connectivity index (χ0v) is 15.3. The smallest absolute Gasteiger partial charge is 0.337 e. The zero-order chi connectivity index (χ0) is 19.2. The van der Waals surface area contributed by atoms with E-state index in [-0.39, 0.29) is 5.91 Å². The molecule has 138 valence electrons. The number of carbonyl (C=O) groups excluding carboxylic acids is 2. The van der Waals surface area contributed by atoms with Gasteiger partial charge in [-0.1, -0.05) is 43.3 Å². The lowest BCUT2D eigenvalue weighted by molar-refractivity contribution is -0.122. The van der Waals surface area contributed by atoms with E-state index in [4.69, 9.17) is 9.47 Å². The summed E-state index contributed by atoms with van der Waals surface area (Å²) in [5.41, 5.74) is 0.891. The Morgan fingerprint density at radius 1 is 0.963 bits per heavy atom. The molecule has 1 N–H and O–H groups in total. The molecule has 3 aromatic carbocycles. The van der Waals surface area contributed by atoms with E-state index in [1.54, 1.807) is 24.3 Å². The number of methoxy groups -OCH3 is 1. The molecular weight excluding hydrogens is 342 g/mol. The molecule has 0 saturated heterocycles. The Bertz CT molecular complexity index is 967. The molecular formula is C22H21NO4. The van der Waals surface area contributed by atoms with Crippen LogP contribution in [0.2, 0.25) is 0 Å². The van der Waals surface area contributed by atoms with Crippen LogP contribution in [-0.2, 0) is 9.53 Å². The van der Waals surface area contributed by atoms with Gasteiger partial charge in [-0.3, -0.25) is 4.79 Å². The summed E-state index contributed by atoms with van der Waals surface area (Å²) in [6.07, 6.45) is -0.136. The molecule has 0 aliphatic carbocycles. The first kappa shape index (κ1) is 18.5. The number of anilines is 1. The number of fused-ring (bicyclic) bond motifs is 1. The van der Waals surface area contributed by atoms with Gasteiger partial charge in [0.05, 0.1) is 12.7 Å². The minimum absolute atomic E-state index is 0.271. The third-order valence-electron chi connectivity index (χ3n) is 4.21. The van der Waals surface area contributed by atoms with Crippen LogP contribution in [0.3, 0.4) is 0 Å². The van der Waals surface area contributed by atoms with Gasteiger partial charge in [-0.25, -0.2) is 4.79 Å². The number of carbonyl (C=O) groups is 2. The second-order valence-electron chi connectivity index (χ2n) is 6.09. The van der Waals surface area contributed by atoms with Crippen LogP contribution in [0.25, 0.3) is 10.8 Å². The van der Waals surface area contributed by atoms with Crippen LogP contribution in [0.1, 0.15) is 23.7 Å². The Balaban J connectivity index is 1.72. The number of rotatable bonds is 6. The van der Waals surface area contributed by atoms with Gasteiger partial charge in [0.25, 0.3) is 5.91 Å². The summed E-state index contributed by atoms with van der Waals surface area (Å²) < 4.78 is 10.6. The number of ether oxygens (including phenoxy) is 2. The van der Waals surface area contributed by atoms with Crippen molar-refractivity contribution in [1.82, 2.24) is 0 Å². The van der Waals surface area contributed by atoms with Crippen molar-refractivity contribution >= 4 is 28.3 Å². The molecule has 0 aromatic heterocycles. The summed E-state index contributed by atoms with van der Waals surface area (Å²) >= 11 is 0. The number of hydrogen-bond acceptors (Lipinski definition) is 4. The Labute approximate surface area is 157 Å². The van der Waals surface area contributed by atoms with Gasteiger partial charge in [0.2, 0.25) is 0 Å². The average molecular weight is 363 g/mol. The summed E-state index contributed by atoms with van der Waals surface area (Å²) in [7, 11) is 1.32. The van der Waals surface area contributed by atoms with E-state index in [0.717, 1.165) is 10.8 Å². The van der Waals surface area contributed by atoms with Gasteiger partial charge in [-0.15, -0.1) is 0 Å². The van der Waals surface area contributed by atoms with Gasteiger partial charge in [0, 0.05) is 5.69 Å². The molecule has 0 radical (unpaired) electrons. The SMILES string of the molecule is CC[C@@H](Oc1ccc2ccccc2c1)C(=O)Nc1cccc(C(=O)OC)c1. The molecule has 3 rings (SSSR count). The average Bonchev–Trinajstić information content (AvgIpc) is 2.71. The third-order valence-corrected chi connectivity index (χ3v) is 4.21. The van der Waals surface area contributed by atoms with Crippen LogP contribution in [-0.4, -0.2) is 25.1 Å². The number of amides is 1. The van der Waals surface area contributed by atoms with Crippen LogP contribution in [0.15, 0.2) is 66.7 Å². The van der Waals surface area contributed by atoms with E-state index in [0.29, 0.717) is 23.4 Å². The molecule has 0 heterocycles. The number of esters is 1. The maximum atomic E-state index is 12.6. The molecule has 0 unspecified atom stereocenters. The lowest BCUT2D eigenvalue weighted by Crippen LogP contribution is -2.32. The molecule has 0 fully saturated rings. The van der Waals surface area contributed by atoms with Crippen molar-refractivity contribution < 1.29 is 19.1 Å². The quantitative estimate of drug-likeness (QED) is 0.658.